The van der Waals surface area contributed by atoms with Crippen molar-refractivity contribution in [2.75, 3.05) is 26.7 Å². The number of hydrogen-bond acceptors (Lipinski definition) is 3. The quantitative estimate of drug-likeness (QED) is 0.755. The van der Waals surface area contributed by atoms with Crippen molar-refractivity contribution in [2.45, 2.75) is 32.6 Å². The summed E-state index contributed by atoms with van der Waals surface area (Å²) < 4.78 is 18.2. The van der Waals surface area contributed by atoms with Crippen LogP contribution in [0.5, 0.6) is 0 Å². The summed E-state index contributed by atoms with van der Waals surface area (Å²) in [7, 11) is 1.43. The van der Waals surface area contributed by atoms with Gasteiger partial charge in [0.25, 0.3) is 0 Å². The standard InChI is InChI=1S/C17H24FNO2/c1-13-5-6-14(11-16(13)18)10-15-7-9-19(12-15)8-3-4-17(20)21-2/h5-6,11,15H,3-4,7-10,12H2,1-2H3. The second kappa shape index (κ2) is 7.55. The molecule has 1 aliphatic rings. The van der Waals surface area contributed by atoms with Crippen LogP contribution in [0.25, 0.3) is 0 Å². The summed E-state index contributed by atoms with van der Waals surface area (Å²) in [4.78, 5) is 13.5. The summed E-state index contributed by atoms with van der Waals surface area (Å²) in [5.41, 5.74) is 1.79. The fourth-order valence-electron chi connectivity index (χ4n) is 2.93. The minimum absolute atomic E-state index is 0.111. The van der Waals surface area contributed by atoms with Crippen LogP contribution in [0.1, 0.15) is 30.4 Å². The van der Waals surface area contributed by atoms with Gasteiger partial charge in [-0.2, -0.15) is 0 Å². The molecule has 4 heteroatoms. The third-order valence-corrected chi connectivity index (χ3v) is 4.21. The molecule has 2 rings (SSSR count). The van der Waals surface area contributed by atoms with E-state index in [0.29, 0.717) is 17.9 Å². The maximum absolute atomic E-state index is 13.6. The maximum Gasteiger partial charge on any atom is 0.305 e. The summed E-state index contributed by atoms with van der Waals surface area (Å²) >= 11 is 0. The molecule has 1 saturated heterocycles. The number of ether oxygens (including phenoxy) is 1. The zero-order chi connectivity index (χ0) is 15.2. The molecule has 0 radical (unpaired) electrons. The first kappa shape index (κ1) is 16.0. The van der Waals surface area contributed by atoms with Crippen LogP contribution >= 0.6 is 0 Å². The van der Waals surface area contributed by atoms with Crippen LogP contribution in [0, 0.1) is 18.7 Å². The number of nitrogens with zero attached hydrogens (tertiary/aromatic N) is 1. The number of aryl methyl sites for hydroxylation is 1. The largest absolute Gasteiger partial charge is 0.469 e. The predicted octanol–water partition coefficient (Wildman–Crippen LogP) is 2.95. The van der Waals surface area contributed by atoms with Gasteiger partial charge in [0.15, 0.2) is 0 Å². The van der Waals surface area contributed by atoms with Crippen molar-refractivity contribution in [3.05, 3.63) is 35.1 Å². The zero-order valence-corrected chi connectivity index (χ0v) is 12.9. The van der Waals surface area contributed by atoms with Gasteiger partial charge in [-0.25, -0.2) is 4.39 Å². The van der Waals surface area contributed by atoms with Gasteiger partial charge < -0.3 is 9.64 Å². The molecule has 0 bridgehead atoms. The highest BCUT2D eigenvalue weighted by Crippen LogP contribution is 2.22. The van der Waals surface area contributed by atoms with E-state index < -0.39 is 0 Å². The molecule has 0 saturated carbocycles. The van der Waals surface area contributed by atoms with Gasteiger partial charge in [0.2, 0.25) is 0 Å². The van der Waals surface area contributed by atoms with Crippen LogP contribution in [-0.4, -0.2) is 37.6 Å². The SMILES string of the molecule is COC(=O)CCCN1CCC(Cc2ccc(C)c(F)c2)C1. The summed E-state index contributed by atoms with van der Waals surface area (Å²) in [6.45, 7) is 4.84. The Morgan fingerprint density at radius 1 is 1.48 bits per heavy atom. The Bertz CT molecular complexity index is 490. The third kappa shape index (κ3) is 4.81. The smallest absolute Gasteiger partial charge is 0.305 e. The number of esters is 1. The van der Waals surface area contributed by atoms with Crippen LogP contribution < -0.4 is 0 Å². The Balaban J connectivity index is 1.74. The van der Waals surface area contributed by atoms with E-state index in [2.05, 4.69) is 9.64 Å². The number of halogens is 1. The number of benzene rings is 1. The van der Waals surface area contributed by atoms with Crippen LogP contribution in [0.2, 0.25) is 0 Å². The lowest BCUT2D eigenvalue weighted by Crippen LogP contribution is -2.23. The molecule has 1 aromatic rings. The predicted molar refractivity (Wildman–Crippen MR) is 80.6 cm³/mol. The molecule has 1 unspecified atom stereocenters. The lowest BCUT2D eigenvalue weighted by Gasteiger charge is -2.15. The first-order chi connectivity index (χ1) is 10.1. The number of methoxy groups -OCH3 is 1. The van der Waals surface area contributed by atoms with Crippen LogP contribution in [0.4, 0.5) is 4.39 Å². The minimum atomic E-state index is -0.138. The molecule has 0 spiro atoms. The monoisotopic (exact) mass is 293 g/mol. The van der Waals surface area contributed by atoms with E-state index in [4.69, 9.17) is 0 Å². The molecular weight excluding hydrogens is 269 g/mol. The van der Waals surface area contributed by atoms with E-state index in [1.54, 1.807) is 13.0 Å². The number of rotatable bonds is 6. The lowest BCUT2D eigenvalue weighted by atomic mass is 9.98. The van der Waals surface area contributed by atoms with Crippen molar-refractivity contribution in [3.8, 4) is 0 Å². The normalized spacial score (nSPS) is 18.9. The van der Waals surface area contributed by atoms with Gasteiger partial charge >= 0.3 is 5.97 Å². The van der Waals surface area contributed by atoms with Gasteiger partial charge in [0.05, 0.1) is 7.11 Å². The molecule has 1 fully saturated rings. The molecular formula is C17H24FNO2. The van der Waals surface area contributed by atoms with Crippen LogP contribution in [0.3, 0.4) is 0 Å². The molecule has 0 aromatic heterocycles. The van der Waals surface area contributed by atoms with Gasteiger partial charge in [0.1, 0.15) is 5.82 Å². The topological polar surface area (TPSA) is 29.5 Å². The molecule has 0 aliphatic carbocycles. The summed E-state index contributed by atoms with van der Waals surface area (Å²) in [6, 6.07) is 5.54. The molecule has 116 valence electrons. The van der Waals surface area contributed by atoms with Crippen LogP contribution in [-0.2, 0) is 16.0 Å². The Kier molecular flexibility index (Phi) is 5.74. The Hall–Kier alpha value is -1.42. The van der Waals surface area contributed by atoms with Gasteiger partial charge in [-0.15, -0.1) is 0 Å². The van der Waals surface area contributed by atoms with Crippen LogP contribution in [0.15, 0.2) is 18.2 Å². The Morgan fingerprint density at radius 3 is 3.00 bits per heavy atom. The number of hydrogen-bond donors (Lipinski definition) is 0. The van der Waals surface area contributed by atoms with E-state index in [9.17, 15) is 9.18 Å². The molecule has 0 amide bonds. The highest BCUT2D eigenvalue weighted by atomic mass is 19.1. The van der Waals surface area contributed by atoms with E-state index in [0.717, 1.165) is 44.5 Å². The second-order valence-electron chi connectivity index (χ2n) is 5.92. The van der Waals surface area contributed by atoms with Crippen molar-refractivity contribution < 1.29 is 13.9 Å². The van der Waals surface area contributed by atoms with Gasteiger partial charge in [-0.3, -0.25) is 4.79 Å². The van der Waals surface area contributed by atoms with E-state index in [1.807, 2.05) is 12.1 Å². The average molecular weight is 293 g/mol. The fourth-order valence-corrected chi connectivity index (χ4v) is 2.93. The molecule has 1 aromatic carbocycles. The summed E-state index contributed by atoms with van der Waals surface area (Å²) in [6.07, 6.45) is 3.41. The number of carbonyl (C=O) groups is 1. The molecule has 0 N–H and O–H groups in total. The molecule has 1 atom stereocenters. The summed E-state index contributed by atoms with van der Waals surface area (Å²) in [5, 5.41) is 0. The second-order valence-corrected chi connectivity index (χ2v) is 5.92. The molecule has 1 heterocycles. The lowest BCUT2D eigenvalue weighted by molar-refractivity contribution is -0.140. The Morgan fingerprint density at radius 2 is 2.29 bits per heavy atom. The molecule has 21 heavy (non-hydrogen) atoms. The third-order valence-electron chi connectivity index (χ3n) is 4.21. The van der Waals surface area contributed by atoms with Crippen molar-refractivity contribution in [1.82, 2.24) is 4.90 Å². The number of likely N-dealkylation sites (tertiary alicyclic amines) is 1. The number of carbonyl (C=O) groups excluding carboxylic acids is 1. The maximum atomic E-state index is 13.6. The first-order valence-electron chi connectivity index (χ1n) is 7.62. The van der Waals surface area contributed by atoms with Crippen molar-refractivity contribution >= 4 is 5.97 Å². The zero-order valence-electron chi connectivity index (χ0n) is 12.9. The average Bonchev–Trinajstić information content (AvgIpc) is 2.90. The minimum Gasteiger partial charge on any atom is -0.469 e. The first-order valence-corrected chi connectivity index (χ1v) is 7.62. The highest BCUT2D eigenvalue weighted by molar-refractivity contribution is 5.69. The van der Waals surface area contributed by atoms with E-state index >= 15 is 0 Å². The van der Waals surface area contributed by atoms with Crippen molar-refractivity contribution in [2.24, 2.45) is 5.92 Å². The fraction of sp³-hybridized carbons (Fsp3) is 0.588. The highest BCUT2D eigenvalue weighted by Gasteiger charge is 2.22. The van der Waals surface area contributed by atoms with E-state index in [-0.39, 0.29) is 11.8 Å². The van der Waals surface area contributed by atoms with Crippen molar-refractivity contribution in [3.63, 3.8) is 0 Å². The van der Waals surface area contributed by atoms with Gasteiger partial charge in [0, 0.05) is 13.0 Å². The van der Waals surface area contributed by atoms with Gasteiger partial charge in [-0.05, 0) is 62.4 Å². The van der Waals surface area contributed by atoms with E-state index in [1.165, 1.54) is 7.11 Å². The molecule has 1 aliphatic heterocycles. The van der Waals surface area contributed by atoms with Crippen molar-refractivity contribution in [1.29, 1.82) is 0 Å². The molecule has 3 nitrogen and oxygen atoms in total. The van der Waals surface area contributed by atoms with Gasteiger partial charge in [-0.1, -0.05) is 12.1 Å². The Labute approximate surface area is 126 Å². The summed E-state index contributed by atoms with van der Waals surface area (Å²) in [5.74, 6) is 0.339.